The molecule has 0 saturated heterocycles. The number of ether oxygens (including phenoxy) is 1. The molecule has 0 radical (unpaired) electrons. The van der Waals surface area contributed by atoms with Crippen molar-refractivity contribution in [3.8, 4) is 22.6 Å². The van der Waals surface area contributed by atoms with E-state index in [0.717, 1.165) is 50.8 Å². The first kappa shape index (κ1) is 37.4. The summed E-state index contributed by atoms with van der Waals surface area (Å²) in [7, 11) is 0. The van der Waals surface area contributed by atoms with Crippen molar-refractivity contribution in [1.29, 1.82) is 0 Å². The molecular weight excluding hydrogens is 737 g/mol. The Kier molecular flexibility index (Phi) is 9.29. The highest BCUT2D eigenvalue weighted by Gasteiger charge is 2.59. The van der Waals surface area contributed by atoms with Crippen molar-refractivity contribution in [2.75, 3.05) is 6.61 Å². The van der Waals surface area contributed by atoms with E-state index in [1.165, 1.54) is 30.3 Å². The molecule has 0 spiro atoms. The van der Waals surface area contributed by atoms with Gasteiger partial charge in [0.15, 0.2) is 17.3 Å². The van der Waals surface area contributed by atoms with Gasteiger partial charge in [0.05, 0.1) is 35.1 Å². The largest absolute Gasteiger partial charge is 0.463 e. The normalized spacial score (nSPS) is 20.4. The summed E-state index contributed by atoms with van der Waals surface area (Å²) in [6.45, 7) is 0.322. The minimum Gasteiger partial charge on any atom is -0.463 e. The van der Waals surface area contributed by atoms with Crippen LogP contribution >= 0.6 is 11.6 Å². The lowest BCUT2D eigenvalue weighted by Gasteiger charge is -2.37. The van der Waals surface area contributed by atoms with Crippen LogP contribution in [0.15, 0.2) is 60.0 Å². The van der Waals surface area contributed by atoms with Crippen molar-refractivity contribution in [3.63, 3.8) is 0 Å². The van der Waals surface area contributed by atoms with Crippen molar-refractivity contribution in [2.45, 2.75) is 89.6 Å². The van der Waals surface area contributed by atoms with Gasteiger partial charge in [0, 0.05) is 11.1 Å². The van der Waals surface area contributed by atoms with Crippen molar-refractivity contribution in [2.24, 2.45) is 21.6 Å². The number of nitrogens with zero attached hydrogens (tertiary/aromatic N) is 8. The average molecular weight is 774 g/mol. The van der Waals surface area contributed by atoms with E-state index >= 15 is 0 Å². The zero-order valence-corrected chi connectivity index (χ0v) is 30.3. The number of hydrogen-bond acceptors (Lipinski definition) is 9. The van der Waals surface area contributed by atoms with Gasteiger partial charge in [-0.15, -0.1) is 0 Å². The van der Waals surface area contributed by atoms with E-state index in [0.29, 0.717) is 15.9 Å². The van der Waals surface area contributed by atoms with E-state index in [9.17, 15) is 31.5 Å². The van der Waals surface area contributed by atoms with Crippen molar-refractivity contribution < 1.29 is 36.3 Å². The Morgan fingerprint density at radius 1 is 1.09 bits per heavy atom. The molecule has 18 heteroatoms. The average Bonchev–Trinajstić information content (AvgIpc) is 3.93. The van der Waals surface area contributed by atoms with Crippen molar-refractivity contribution >= 4 is 29.4 Å². The van der Waals surface area contributed by atoms with Gasteiger partial charge in [0.25, 0.3) is 5.91 Å². The minimum absolute atomic E-state index is 0.00890. The summed E-state index contributed by atoms with van der Waals surface area (Å²) >= 11 is 6.45. The van der Waals surface area contributed by atoms with Gasteiger partial charge in [-0.2, -0.15) is 46.7 Å². The molecule has 1 aliphatic heterocycles. The maximum absolute atomic E-state index is 15.0. The van der Waals surface area contributed by atoms with Gasteiger partial charge in [0.1, 0.15) is 18.6 Å². The molecule has 2 fully saturated rings. The Bertz CT molecular complexity index is 2110. The van der Waals surface area contributed by atoms with Gasteiger partial charge in [-0.05, 0) is 60.8 Å². The molecule has 2 N–H and O–H groups in total. The van der Waals surface area contributed by atoms with E-state index in [1.54, 1.807) is 23.1 Å². The fourth-order valence-corrected chi connectivity index (χ4v) is 6.84. The Morgan fingerprint density at radius 2 is 1.80 bits per heavy atom. The number of hydrogen-bond donors (Lipinski definition) is 1. The number of rotatable bonds is 13. The van der Waals surface area contributed by atoms with Gasteiger partial charge in [0.2, 0.25) is 0 Å². The number of aromatic nitrogens is 6. The van der Waals surface area contributed by atoms with E-state index in [-0.39, 0.29) is 45.4 Å². The third kappa shape index (κ3) is 7.05. The van der Waals surface area contributed by atoms with Crippen LogP contribution in [0.5, 0.6) is 0 Å². The van der Waals surface area contributed by atoms with Crippen LogP contribution in [0.2, 0.25) is 5.02 Å². The number of aliphatic imine (C=N–C) groups is 1. The summed E-state index contributed by atoms with van der Waals surface area (Å²) in [4.78, 5) is 39.0. The highest BCUT2D eigenvalue weighted by Crippen LogP contribution is 2.51. The van der Waals surface area contributed by atoms with Crippen LogP contribution in [0.3, 0.4) is 0 Å². The van der Waals surface area contributed by atoms with Crippen molar-refractivity contribution in [3.05, 3.63) is 71.1 Å². The van der Waals surface area contributed by atoms with Gasteiger partial charge in [-0.3, -0.25) is 14.5 Å². The zero-order chi connectivity index (χ0) is 38.8. The van der Waals surface area contributed by atoms with E-state index in [1.807, 2.05) is 6.92 Å². The summed E-state index contributed by atoms with van der Waals surface area (Å²) in [6.07, 6.45) is 0.636. The molecule has 2 aliphatic carbocycles. The van der Waals surface area contributed by atoms with Gasteiger partial charge >= 0.3 is 18.7 Å². The number of benzene rings is 2. The van der Waals surface area contributed by atoms with Crippen LogP contribution in [-0.4, -0.2) is 65.3 Å². The second-order valence-corrected chi connectivity index (χ2v) is 15.6. The third-order valence-electron chi connectivity index (χ3n) is 10.4. The van der Waals surface area contributed by atoms with Gasteiger partial charge < -0.3 is 10.5 Å². The summed E-state index contributed by atoms with van der Waals surface area (Å²) in [5.74, 6) is -2.20. The minimum atomic E-state index is -4.75. The first-order valence-corrected chi connectivity index (χ1v) is 17.7. The third-order valence-corrected chi connectivity index (χ3v) is 10.7. The summed E-state index contributed by atoms with van der Waals surface area (Å²) in [6, 6.07) is 9.46. The lowest BCUT2D eigenvalue weighted by atomic mass is 9.74. The summed E-state index contributed by atoms with van der Waals surface area (Å²) in [5, 5.41) is 12.4. The number of amides is 1. The molecule has 7 rings (SSSR count). The number of esters is 1. The maximum Gasteiger partial charge on any atom is 0.394 e. The first-order valence-electron chi connectivity index (χ1n) is 17.3. The maximum atomic E-state index is 15.0. The zero-order valence-electron chi connectivity index (χ0n) is 29.5. The smallest absolute Gasteiger partial charge is 0.394 e. The summed E-state index contributed by atoms with van der Waals surface area (Å²) < 4.78 is 77.5. The van der Waals surface area contributed by atoms with Crippen LogP contribution in [0.25, 0.3) is 22.6 Å². The number of halogens is 6. The number of nitrogens with two attached hydrogens (primary N) is 1. The van der Waals surface area contributed by atoms with Crippen LogP contribution < -0.4 is 5.73 Å². The van der Waals surface area contributed by atoms with Crippen LogP contribution in [0, 0.1) is 10.8 Å². The topological polar surface area (TPSA) is 146 Å². The molecule has 54 heavy (non-hydrogen) atoms. The molecule has 0 bridgehead atoms. The molecule has 2 unspecified atom stereocenters. The van der Waals surface area contributed by atoms with E-state index in [4.69, 9.17) is 22.1 Å². The SMILES string of the molecule is CC1(CC(=O)OCC(c2ccc(Cl)c(-c3ncnn3C(F)F)c2)N2C(=O)C(CC(C)(C)C(F)(F)F)(c3ccc(-c4cnn(C5CC5)n4)cc3)N=C2N)CC1. The Labute approximate surface area is 311 Å². The van der Waals surface area contributed by atoms with Crippen LogP contribution in [0.4, 0.5) is 22.0 Å². The van der Waals surface area contributed by atoms with Crippen LogP contribution in [0.1, 0.15) is 89.1 Å². The summed E-state index contributed by atoms with van der Waals surface area (Å²) in [5.41, 5.74) is 3.18. The fraction of sp³-hybridized carbons (Fsp3) is 0.472. The second-order valence-electron chi connectivity index (χ2n) is 15.2. The molecular formula is C36H37ClF5N9O3. The van der Waals surface area contributed by atoms with E-state index < -0.39 is 60.6 Å². The molecule has 12 nitrogen and oxygen atoms in total. The van der Waals surface area contributed by atoms with Crippen molar-refractivity contribution in [1.82, 2.24) is 34.7 Å². The monoisotopic (exact) mass is 773 g/mol. The molecule has 2 aromatic carbocycles. The first-order chi connectivity index (χ1) is 25.4. The fourth-order valence-electron chi connectivity index (χ4n) is 6.64. The predicted molar refractivity (Wildman–Crippen MR) is 186 cm³/mol. The molecule has 2 atom stereocenters. The van der Waals surface area contributed by atoms with Crippen LogP contribution in [-0.2, 0) is 19.9 Å². The molecule has 3 aliphatic rings. The molecule has 2 saturated carbocycles. The lowest BCUT2D eigenvalue weighted by Crippen LogP contribution is -2.49. The highest BCUT2D eigenvalue weighted by molar-refractivity contribution is 6.33. The molecule has 286 valence electrons. The van der Waals surface area contributed by atoms with E-state index in [2.05, 4.69) is 25.3 Å². The molecule has 4 aromatic rings. The molecule has 3 heterocycles. The quantitative estimate of drug-likeness (QED) is 0.109. The number of carbonyl (C=O) groups is 2. The molecule has 1 amide bonds. The Morgan fingerprint density at radius 3 is 2.43 bits per heavy atom. The van der Waals surface area contributed by atoms with Gasteiger partial charge in [-0.25, -0.2) is 9.98 Å². The number of guanidine groups is 1. The Hall–Kier alpha value is -4.93. The predicted octanol–water partition coefficient (Wildman–Crippen LogP) is 7.39. The second kappa shape index (κ2) is 13.4. The molecule has 2 aromatic heterocycles. The van der Waals surface area contributed by atoms with Gasteiger partial charge in [-0.1, -0.05) is 62.7 Å². The standard InChI is InChI=1S/C36H37ClF5N9O3/c1-33(2,36(40,41)42)18-35(22-7-4-20(5-8-22)26-16-45-51(48-26)23-9-10-23)30(53)49(32(43)47-35)27(17-54-28(52)15-34(3)12-13-34)21-6-11-25(37)24(14-21)29-44-19-46-50(29)31(38)39/h4-8,11,14,16,19,23,27,31H,9-10,12-13,15,17-18H2,1-3H3,(H2,43,47). The highest BCUT2D eigenvalue weighted by atomic mass is 35.5. The Balaban J connectivity index is 1.30. The lowest BCUT2D eigenvalue weighted by molar-refractivity contribution is -0.218. The number of carbonyl (C=O) groups excluding carboxylic acids is 2. The number of alkyl halides is 5.